The van der Waals surface area contributed by atoms with Crippen molar-refractivity contribution < 1.29 is 0 Å². The van der Waals surface area contributed by atoms with Crippen molar-refractivity contribution >= 4 is 18.2 Å². The van der Waals surface area contributed by atoms with Crippen molar-refractivity contribution in [3.8, 4) is 0 Å². The van der Waals surface area contributed by atoms with Gasteiger partial charge in [-0.1, -0.05) is 30.3 Å². The third kappa shape index (κ3) is 2.97. The number of nitrogens with two attached hydrogens (primary N) is 1. The summed E-state index contributed by atoms with van der Waals surface area (Å²) in [4.78, 5) is 2.47. The molecule has 1 aromatic carbocycles. The predicted octanol–water partition coefficient (Wildman–Crippen LogP) is 2.02. The van der Waals surface area contributed by atoms with E-state index >= 15 is 0 Å². The summed E-state index contributed by atoms with van der Waals surface area (Å²) in [6.45, 7) is 3.09. The summed E-state index contributed by atoms with van der Waals surface area (Å²) >= 11 is 0. The summed E-state index contributed by atoms with van der Waals surface area (Å²) in [7, 11) is 1.92. The highest BCUT2D eigenvalue weighted by molar-refractivity contribution is 5.85. The van der Waals surface area contributed by atoms with Crippen LogP contribution in [0.15, 0.2) is 30.3 Å². The number of halogens is 1. The highest BCUT2D eigenvalue weighted by Gasteiger charge is 2.22. The quantitative estimate of drug-likeness (QED) is 0.941. The molecular formula is C15H21ClN4. The topological polar surface area (TPSA) is 47.1 Å². The lowest BCUT2D eigenvalue weighted by Crippen LogP contribution is -2.32. The molecule has 5 heteroatoms. The van der Waals surface area contributed by atoms with Crippen LogP contribution in [-0.4, -0.2) is 27.8 Å². The zero-order valence-electron chi connectivity index (χ0n) is 11.7. The zero-order valence-corrected chi connectivity index (χ0v) is 12.6. The summed E-state index contributed by atoms with van der Waals surface area (Å²) < 4.78 is 1.80. The number of hydrogen-bond donors (Lipinski definition) is 1. The van der Waals surface area contributed by atoms with Crippen molar-refractivity contribution in [1.29, 1.82) is 0 Å². The number of hydrogen-bond acceptors (Lipinski definition) is 3. The Kier molecular flexibility index (Phi) is 4.68. The van der Waals surface area contributed by atoms with Crippen molar-refractivity contribution in [3.05, 3.63) is 47.2 Å². The molecule has 0 aliphatic carbocycles. The molecule has 108 valence electrons. The van der Waals surface area contributed by atoms with E-state index in [0.29, 0.717) is 0 Å². The van der Waals surface area contributed by atoms with Gasteiger partial charge in [-0.15, -0.1) is 12.4 Å². The number of rotatable bonds is 3. The highest BCUT2D eigenvalue weighted by Crippen LogP contribution is 2.23. The van der Waals surface area contributed by atoms with Gasteiger partial charge in [-0.3, -0.25) is 9.58 Å². The molecule has 20 heavy (non-hydrogen) atoms. The average molecular weight is 293 g/mol. The van der Waals surface area contributed by atoms with Crippen molar-refractivity contribution in [2.45, 2.75) is 19.4 Å². The number of aromatic nitrogens is 2. The van der Waals surface area contributed by atoms with Gasteiger partial charge in [0.05, 0.1) is 5.69 Å². The van der Waals surface area contributed by atoms with Crippen LogP contribution < -0.4 is 5.73 Å². The second-order valence-electron chi connectivity index (χ2n) is 5.20. The minimum atomic E-state index is 0. The predicted molar refractivity (Wildman–Crippen MR) is 84.0 cm³/mol. The molecule has 2 aromatic rings. The Bertz CT molecular complexity index is 565. The van der Waals surface area contributed by atoms with Crippen molar-refractivity contribution in [2.24, 2.45) is 7.05 Å². The summed E-state index contributed by atoms with van der Waals surface area (Å²) in [6.07, 6.45) is 2.10. The van der Waals surface area contributed by atoms with E-state index in [9.17, 15) is 0 Å². The lowest BCUT2D eigenvalue weighted by Gasteiger charge is -2.26. The largest absolute Gasteiger partial charge is 0.384 e. The number of anilines is 1. The van der Waals surface area contributed by atoms with Gasteiger partial charge in [-0.2, -0.15) is 5.10 Å². The van der Waals surface area contributed by atoms with Gasteiger partial charge in [0, 0.05) is 38.7 Å². The third-order valence-electron chi connectivity index (χ3n) is 3.88. The highest BCUT2D eigenvalue weighted by atomic mass is 35.5. The number of benzene rings is 1. The van der Waals surface area contributed by atoms with Gasteiger partial charge in [0.2, 0.25) is 0 Å². The molecular weight excluding hydrogens is 272 g/mol. The van der Waals surface area contributed by atoms with E-state index in [2.05, 4.69) is 40.3 Å². The van der Waals surface area contributed by atoms with Gasteiger partial charge in [0.15, 0.2) is 0 Å². The maximum absolute atomic E-state index is 6.07. The normalized spacial score (nSPS) is 14.7. The molecule has 0 radical (unpaired) electrons. The van der Waals surface area contributed by atoms with E-state index < -0.39 is 0 Å². The van der Waals surface area contributed by atoms with Crippen LogP contribution in [0.2, 0.25) is 0 Å². The van der Waals surface area contributed by atoms with Gasteiger partial charge < -0.3 is 5.73 Å². The fourth-order valence-corrected chi connectivity index (χ4v) is 2.70. The summed E-state index contributed by atoms with van der Waals surface area (Å²) in [5.74, 6) is 0.819. The minimum absolute atomic E-state index is 0. The van der Waals surface area contributed by atoms with Gasteiger partial charge in [-0.05, 0) is 12.0 Å². The Morgan fingerprint density at radius 3 is 2.75 bits per heavy atom. The Morgan fingerprint density at radius 2 is 2.00 bits per heavy atom. The summed E-state index contributed by atoms with van der Waals surface area (Å²) in [6, 6.07) is 10.6. The Labute approximate surface area is 126 Å². The first-order valence-corrected chi connectivity index (χ1v) is 6.80. The minimum Gasteiger partial charge on any atom is -0.384 e. The molecule has 0 atom stereocenters. The van der Waals surface area contributed by atoms with E-state index in [0.717, 1.165) is 38.3 Å². The molecule has 0 saturated heterocycles. The molecule has 2 heterocycles. The van der Waals surface area contributed by atoms with Crippen LogP contribution in [0.1, 0.15) is 16.8 Å². The van der Waals surface area contributed by atoms with E-state index in [4.69, 9.17) is 5.73 Å². The Balaban J connectivity index is 0.00000147. The van der Waals surface area contributed by atoms with Crippen molar-refractivity contribution in [1.82, 2.24) is 14.7 Å². The molecule has 3 rings (SSSR count). The monoisotopic (exact) mass is 292 g/mol. The first kappa shape index (κ1) is 14.9. The van der Waals surface area contributed by atoms with Gasteiger partial charge in [-0.25, -0.2) is 0 Å². The fraction of sp³-hybridized carbons (Fsp3) is 0.400. The molecule has 1 aliphatic rings. The fourth-order valence-electron chi connectivity index (χ4n) is 2.70. The van der Waals surface area contributed by atoms with Crippen molar-refractivity contribution in [3.63, 3.8) is 0 Å². The Morgan fingerprint density at radius 1 is 1.25 bits per heavy atom. The molecule has 0 amide bonds. The average Bonchev–Trinajstić information content (AvgIpc) is 2.73. The van der Waals surface area contributed by atoms with Crippen LogP contribution >= 0.6 is 12.4 Å². The standard InChI is InChI=1S/C15H20N4.ClH/c1-18-15(16)13-11-19(10-8-14(13)17-18)9-7-12-5-3-2-4-6-12;/h2-6H,7-11,16H2,1H3;1H. The SMILES string of the molecule is Cl.Cn1nc2c(c1N)CN(CCc1ccccc1)CC2. The van der Waals surface area contributed by atoms with E-state index in [1.807, 2.05) is 7.05 Å². The molecule has 4 nitrogen and oxygen atoms in total. The summed E-state index contributed by atoms with van der Waals surface area (Å²) in [5.41, 5.74) is 9.86. The number of aryl methyl sites for hydroxylation is 1. The molecule has 1 aromatic heterocycles. The maximum Gasteiger partial charge on any atom is 0.126 e. The van der Waals surface area contributed by atoms with Crippen LogP contribution in [-0.2, 0) is 26.4 Å². The number of fused-ring (bicyclic) bond motifs is 1. The molecule has 0 unspecified atom stereocenters. The van der Waals surface area contributed by atoms with E-state index in [-0.39, 0.29) is 12.4 Å². The van der Waals surface area contributed by atoms with Gasteiger partial charge in [0.1, 0.15) is 5.82 Å². The second-order valence-corrected chi connectivity index (χ2v) is 5.20. The molecule has 0 bridgehead atoms. The van der Waals surface area contributed by atoms with Crippen LogP contribution in [0.4, 0.5) is 5.82 Å². The number of nitrogens with zero attached hydrogens (tertiary/aromatic N) is 3. The lowest BCUT2D eigenvalue weighted by molar-refractivity contribution is 0.257. The first-order valence-electron chi connectivity index (χ1n) is 6.80. The molecule has 0 saturated carbocycles. The van der Waals surface area contributed by atoms with Crippen molar-refractivity contribution in [2.75, 3.05) is 18.8 Å². The van der Waals surface area contributed by atoms with Crippen LogP contribution in [0.25, 0.3) is 0 Å². The Hall–Kier alpha value is -1.52. The smallest absolute Gasteiger partial charge is 0.126 e. The summed E-state index contributed by atoms with van der Waals surface area (Å²) in [5, 5.41) is 4.47. The second kappa shape index (κ2) is 6.29. The lowest BCUT2D eigenvalue weighted by atomic mass is 10.1. The zero-order chi connectivity index (χ0) is 13.2. The van der Waals surface area contributed by atoms with Crippen LogP contribution in [0, 0.1) is 0 Å². The first-order chi connectivity index (χ1) is 9.24. The van der Waals surface area contributed by atoms with Crippen LogP contribution in [0.3, 0.4) is 0 Å². The third-order valence-corrected chi connectivity index (χ3v) is 3.88. The van der Waals surface area contributed by atoms with E-state index in [1.54, 1.807) is 4.68 Å². The maximum atomic E-state index is 6.07. The van der Waals surface area contributed by atoms with Gasteiger partial charge in [0.25, 0.3) is 0 Å². The molecule has 0 spiro atoms. The number of nitrogen functional groups attached to an aromatic ring is 1. The van der Waals surface area contributed by atoms with Crippen LogP contribution in [0.5, 0.6) is 0 Å². The molecule has 2 N–H and O–H groups in total. The van der Waals surface area contributed by atoms with E-state index in [1.165, 1.54) is 16.8 Å². The molecule has 1 aliphatic heterocycles. The molecule has 0 fully saturated rings. The van der Waals surface area contributed by atoms with Gasteiger partial charge >= 0.3 is 0 Å².